The standard InChI is InChI=1S/C19H25N5O3/c1-5-19(4,18(21)26)22-10-16(25)23-17-15(9-20)12(2)13(3)24(17)11-14-7-6-8-27-14/h6-8,22H,5,10-11H2,1-4H3,(H2,21,26)(H,23,25)/t19-/m0/s1. The topological polar surface area (TPSA) is 126 Å². The minimum absolute atomic E-state index is 0.109. The van der Waals surface area contributed by atoms with E-state index in [0.717, 1.165) is 11.3 Å². The van der Waals surface area contributed by atoms with Gasteiger partial charge in [0.2, 0.25) is 11.8 Å². The number of nitrogens with zero attached hydrogens (tertiary/aromatic N) is 2. The first-order valence-electron chi connectivity index (χ1n) is 8.70. The summed E-state index contributed by atoms with van der Waals surface area (Å²) in [6.07, 6.45) is 2.02. The normalized spacial score (nSPS) is 13.0. The average molecular weight is 371 g/mol. The summed E-state index contributed by atoms with van der Waals surface area (Å²) in [5.41, 5.74) is 6.48. The van der Waals surface area contributed by atoms with Crippen LogP contribution in [0.5, 0.6) is 0 Å². The molecule has 4 N–H and O–H groups in total. The Hall–Kier alpha value is -3.05. The van der Waals surface area contributed by atoms with Crippen LogP contribution in [0.1, 0.15) is 42.8 Å². The Morgan fingerprint density at radius 1 is 1.41 bits per heavy atom. The molecule has 0 aromatic carbocycles. The first-order chi connectivity index (χ1) is 12.7. The molecule has 0 aliphatic carbocycles. The molecule has 0 aliphatic rings. The SMILES string of the molecule is CC[C@](C)(NCC(=O)Nc1c(C#N)c(C)c(C)n1Cc1ccco1)C(N)=O. The molecule has 0 spiro atoms. The fraction of sp³-hybridized carbons (Fsp3) is 0.421. The number of nitrogens with one attached hydrogen (secondary N) is 2. The molecule has 2 aromatic heterocycles. The molecule has 0 aliphatic heterocycles. The van der Waals surface area contributed by atoms with E-state index in [0.29, 0.717) is 30.1 Å². The van der Waals surface area contributed by atoms with Crippen LogP contribution in [0.15, 0.2) is 22.8 Å². The quantitative estimate of drug-likeness (QED) is 0.652. The van der Waals surface area contributed by atoms with Gasteiger partial charge in [-0.1, -0.05) is 6.92 Å². The fourth-order valence-electron chi connectivity index (χ4n) is 2.72. The number of hydrogen-bond donors (Lipinski definition) is 3. The molecule has 1 atom stereocenters. The van der Waals surface area contributed by atoms with Gasteiger partial charge in [0.05, 0.1) is 30.5 Å². The molecule has 0 bridgehead atoms. The second-order valence-corrected chi connectivity index (χ2v) is 6.66. The molecule has 0 fully saturated rings. The second-order valence-electron chi connectivity index (χ2n) is 6.66. The Kier molecular flexibility index (Phi) is 6.08. The third kappa shape index (κ3) is 4.20. The maximum atomic E-state index is 12.5. The van der Waals surface area contributed by atoms with Gasteiger partial charge in [0, 0.05) is 5.69 Å². The highest BCUT2D eigenvalue weighted by Gasteiger charge is 2.29. The Morgan fingerprint density at radius 3 is 2.63 bits per heavy atom. The van der Waals surface area contributed by atoms with Crippen LogP contribution in [0.4, 0.5) is 5.82 Å². The molecule has 8 nitrogen and oxygen atoms in total. The van der Waals surface area contributed by atoms with Crippen molar-refractivity contribution in [3.63, 3.8) is 0 Å². The van der Waals surface area contributed by atoms with Crippen molar-refractivity contribution in [1.82, 2.24) is 9.88 Å². The number of furan rings is 1. The molecule has 27 heavy (non-hydrogen) atoms. The summed E-state index contributed by atoms with van der Waals surface area (Å²) in [5.74, 6) is 0.223. The van der Waals surface area contributed by atoms with Crippen molar-refractivity contribution in [2.45, 2.75) is 46.2 Å². The number of primary amides is 1. The van der Waals surface area contributed by atoms with Crippen LogP contribution in [0.2, 0.25) is 0 Å². The lowest BCUT2D eigenvalue weighted by molar-refractivity contribution is -0.124. The summed E-state index contributed by atoms with van der Waals surface area (Å²) >= 11 is 0. The van der Waals surface area contributed by atoms with E-state index >= 15 is 0 Å². The molecule has 144 valence electrons. The van der Waals surface area contributed by atoms with Crippen molar-refractivity contribution < 1.29 is 14.0 Å². The zero-order valence-corrected chi connectivity index (χ0v) is 16.0. The predicted octanol–water partition coefficient (Wildman–Crippen LogP) is 1.80. The molecule has 8 heteroatoms. The first-order valence-corrected chi connectivity index (χ1v) is 8.70. The molecular formula is C19H25N5O3. The van der Waals surface area contributed by atoms with Crippen LogP contribution in [-0.4, -0.2) is 28.5 Å². The maximum absolute atomic E-state index is 12.5. The van der Waals surface area contributed by atoms with Crippen LogP contribution in [0.3, 0.4) is 0 Å². The Morgan fingerprint density at radius 2 is 2.11 bits per heavy atom. The molecule has 0 unspecified atom stereocenters. The summed E-state index contributed by atoms with van der Waals surface area (Å²) in [6.45, 7) is 7.46. The molecule has 0 saturated heterocycles. The van der Waals surface area contributed by atoms with Gasteiger partial charge in [-0.05, 0) is 44.9 Å². The average Bonchev–Trinajstić information content (AvgIpc) is 3.22. The van der Waals surface area contributed by atoms with E-state index in [9.17, 15) is 14.9 Å². The van der Waals surface area contributed by atoms with E-state index in [-0.39, 0.29) is 12.5 Å². The molecule has 0 saturated carbocycles. The van der Waals surface area contributed by atoms with Crippen LogP contribution >= 0.6 is 0 Å². The largest absolute Gasteiger partial charge is 0.467 e. The predicted molar refractivity (Wildman–Crippen MR) is 101 cm³/mol. The van der Waals surface area contributed by atoms with Gasteiger partial charge >= 0.3 is 0 Å². The fourth-order valence-corrected chi connectivity index (χ4v) is 2.72. The Balaban J connectivity index is 2.24. The number of carbonyl (C=O) groups is 2. The summed E-state index contributed by atoms with van der Waals surface area (Å²) in [7, 11) is 0. The van der Waals surface area contributed by atoms with Crippen LogP contribution < -0.4 is 16.4 Å². The lowest BCUT2D eigenvalue weighted by Gasteiger charge is -2.25. The highest BCUT2D eigenvalue weighted by Crippen LogP contribution is 2.27. The van der Waals surface area contributed by atoms with Gasteiger partial charge in [0.1, 0.15) is 17.6 Å². The summed E-state index contributed by atoms with van der Waals surface area (Å²) in [4.78, 5) is 24.0. The van der Waals surface area contributed by atoms with Crippen molar-refractivity contribution in [2.75, 3.05) is 11.9 Å². The van der Waals surface area contributed by atoms with Crippen molar-refractivity contribution in [1.29, 1.82) is 5.26 Å². The lowest BCUT2D eigenvalue weighted by atomic mass is 9.98. The van der Waals surface area contributed by atoms with Crippen LogP contribution in [-0.2, 0) is 16.1 Å². The van der Waals surface area contributed by atoms with E-state index < -0.39 is 11.4 Å². The van der Waals surface area contributed by atoms with Gasteiger partial charge in [-0.2, -0.15) is 5.26 Å². The van der Waals surface area contributed by atoms with Crippen molar-refractivity contribution in [3.05, 3.63) is 41.0 Å². The third-order valence-corrected chi connectivity index (χ3v) is 4.98. The van der Waals surface area contributed by atoms with E-state index in [2.05, 4.69) is 16.7 Å². The number of amides is 2. The minimum atomic E-state index is -0.975. The summed E-state index contributed by atoms with van der Waals surface area (Å²) < 4.78 is 7.22. The van der Waals surface area contributed by atoms with Gasteiger partial charge in [-0.3, -0.25) is 14.9 Å². The summed E-state index contributed by atoms with van der Waals surface area (Å²) in [6, 6.07) is 5.76. The van der Waals surface area contributed by atoms with Crippen molar-refractivity contribution in [2.24, 2.45) is 5.73 Å². The number of hydrogen-bond acceptors (Lipinski definition) is 5. The van der Waals surface area contributed by atoms with Gasteiger partial charge in [-0.15, -0.1) is 0 Å². The Labute approximate surface area is 158 Å². The van der Waals surface area contributed by atoms with Crippen molar-refractivity contribution >= 4 is 17.6 Å². The van der Waals surface area contributed by atoms with Gasteiger partial charge < -0.3 is 20.0 Å². The first kappa shape index (κ1) is 20.3. The highest BCUT2D eigenvalue weighted by molar-refractivity contribution is 5.94. The highest BCUT2D eigenvalue weighted by atomic mass is 16.3. The van der Waals surface area contributed by atoms with Gasteiger partial charge in [-0.25, -0.2) is 0 Å². The van der Waals surface area contributed by atoms with Gasteiger partial charge in [0.25, 0.3) is 0 Å². The maximum Gasteiger partial charge on any atom is 0.239 e. The van der Waals surface area contributed by atoms with Crippen LogP contribution in [0.25, 0.3) is 0 Å². The smallest absolute Gasteiger partial charge is 0.239 e. The van der Waals surface area contributed by atoms with E-state index in [4.69, 9.17) is 10.2 Å². The second kappa shape index (κ2) is 8.10. The van der Waals surface area contributed by atoms with E-state index in [1.54, 1.807) is 19.3 Å². The van der Waals surface area contributed by atoms with Gasteiger partial charge in [0.15, 0.2) is 0 Å². The minimum Gasteiger partial charge on any atom is -0.467 e. The molecular weight excluding hydrogens is 346 g/mol. The lowest BCUT2D eigenvalue weighted by Crippen LogP contribution is -2.54. The molecule has 0 radical (unpaired) electrons. The Bertz CT molecular complexity index is 876. The number of rotatable bonds is 8. The van der Waals surface area contributed by atoms with E-state index in [1.807, 2.05) is 31.4 Å². The monoisotopic (exact) mass is 371 g/mol. The molecule has 2 aromatic rings. The molecule has 2 heterocycles. The number of anilines is 1. The number of carbonyl (C=O) groups excluding carboxylic acids is 2. The summed E-state index contributed by atoms with van der Waals surface area (Å²) in [5, 5.41) is 15.2. The zero-order valence-electron chi connectivity index (χ0n) is 16.0. The molecule has 2 amide bonds. The third-order valence-electron chi connectivity index (χ3n) is 4.98. The number of nitrogens with two attached hydrogens (primary N) is 1. The number of aromatic nitrogens is 1. The van der Waals surface area contributed by atoms with Crippen LogP contribution in [0, 0.1) is 25.2 Å². The number of nitriles is 1. The van der Waals surface area contributed by atoms with Crippen molar-refractivity contribution in [3.8, 4) is 6.07 Å². The van der Waals surface area contributed by atoms with E-state index in [1.165, 1.54) is 0 Å². The zero-order chi connectivity index (χ0) is 20.2. The molecule has 2 rings (SSSR count).